The zero-order chi connectivity index (χ0) is 26.4. The summed E-state index contributed by atoms with van der Waals surface area (Å²) in [7, 11) is -3.98. The summed E-state index contributed by atoms with van der Waals surface area (Å²) >= 11 is 7.36. The molecule has 2 aromatic carbocycles. The van der Waals surface area contributed by atoms with Crippen LogP contribution in [0.1, 0.15) is 6.92 Å². The van der Waals surface area contributed by atoms with Gasteiger partial charge in [0.1, 0.15) is 11.5 Å². The summed E-state index contributed by atoms with van der Waals surface area (Å²) in [5.41, 5.74) is 1.89. The van der Waals surface area contributed by atoms with E-state index in [2.05, 4.69) is 9.89 Å². The van der Waals surface area contributed by atoms with Gasteiger partial charge >= 0.3 is 0 Å². The molecule has 0 unspecified atom stereocenters. The summed E-state index contributed by atoms with van der Waals surface area (Å²) in [6, 6.07) is 15.2. The summed E-state index contributed by atoms with van der Waals surface area (Å²) in [6.45, 7) is 5.37. The van der Waals surface area contributed by atoms with Crippen LogP contribution in [0.2, 0.25) is 5.02 Å². The lowest BCUT2D eigenvalue weighted by Gasteiger charge is -2.36. The smallest absolute Gasteiger partial charge is 0.263 e. The average molecular weight is 565 g/mol. The normalized spacial score (nSPS) is 14.9. The predicted molar refractivity (Wildman–Crippen MR) is 146 cm³/mol. The van der Waals surface area contributed by atoms with Crippen molar-refractivity contribution in [1.29, 1.82) is 0 Å². The van der Waals surface area contributed by atoms with Crippen molar-refractivity contribution in [3.05, 3.63) is 58.4 Å². The Bertz CT molecular complexity index is 1430. The van der Waals surface area contributed by atoms with Gasteiger partial charge in [0.2, 0.25) is 5.91 Å². The summed E-state index contributed by atoms with van der Waals surface area (Å²) in [5.74, 6) is -2.86. The first-order valence-electron chi connectivity index (χ1n) is 12.0. The Morgan fingerprint density at radius 3 is 2.49 bits per heavy atom. The van der Waals surface area contributed by atoms with Crippen molar-refractivity contribution in [2.45, 2.75) is 13.5 Å². The van der Waals surface area contributed by atoms with E-state index in [0.29, 0.717) is 55.8 Å². The number of carbonyl (C=O) groups is 2. The minimum atomic E-state index is -3.98. The minimum Gasteiger partial charge on any atom is -0.380 e. The van der Waals surface area contributed by atoms with Gasteiger partial charge in [-0.05, 0) is 37.3 Å². The van der Waals surface area contributed by atoms with E-state index in [1.165, 1.54) is 16.2 Å². The van der Waals surface area contributed by atoms with Crippen LogP contribution in [-0.2, 0) is 30.7 Å². The quantitative estimate of drug-likeness (QED) is 0.370. The summed E-state index contributed by atoms with van der Waals surface area (Å²) in [4.78, 5) is 33.5. The van der Waals surface area contributed by atoms with E-state index in [9.17, 15) is 18.0 Å². The Balaban J connectivity index is 1.41. The highest BCUT2D eigenvalue weighted by Crippen LogP contribution is 2.22. The first kappa shape index (κ1) is 27.3. The number of ether oxygens (including phenoxy) is 1. The second-order valence-electron chi connectivity index (χ2n) is 8.59. The van der Waals surface area contributed by atoms with Gasteiger partial charge in [-0.25, -0.2) is 8.42 Å². The average Bonchev–Trinajstić information content (AvgIpc) is 3.19. The molecule has 37 heavy (non-hydrogen) atoms. The molecule has 1 saturated heterocycles. The van der Waals surface area contributed by atoms with Crippen LogP contribution < -0.4 is 9.70 Å². The Hall–Kier alpha value is -2.73. The number of para-hydroxylation sites is 1. The highest BCUT2D eigenvalue weighted by atomic mass is 35.5. The molecule has 0 N–H and O–H groups in total. The number of amides is 2. The Labute approximate surface area is 224 Å². The number of hydrogen-bond acceptors (Lipinski definition) is 7. The molecule has 2 heterocycles. The van der Waals surface area contributed by atoms with Gasteiger partial charge in [0.15, 0.2) is 14.6 Å². The highest BCUT2D eigenvalue weighted by molar-refractivity contribution is 7.92. The van der Waals surface area contributed by atoms with Crippen molar-refractivity contribution in [2.24, 2.45) is 4.99 Å². The van der Waals surface area contributed by atoms with Gasteiger partial charge in [-0.2, -0.15) is 4.99 Å². The van der Waals surface area contributed by atoms with Crippen molar-refractivity contribution < 1.29 is 22.7 Å². The van der Waals surface area contributed by atoms with Gasteiger partial charge in [-0.15, -0.1) is 0 Å². The number of hydrogen-bond donors (Lipinski definition) is 0. The fraction of sp³-hybridized carbons (Fsp3) is 0.400. The third-order valence-corrected chi connectivity index (χ3v) is 8.62. The first-order valence-corrected chi connectivity index (χ1v) is 15.0. The monoisotopic (exact) mass is 564 g/mol. The predicted octanol–water partition coefficient (Wildman–Crippen LogP) is 2.58. The van der Waals surface area contributed by atoms with Gasteiger partial charge in [0.05, 0.1) is 16.8 Å². The second-order valence-corrected chi connectivity index (χ2v) is 12.1. The van der Waals surface area contributed by atoms with Crippen molar-refractivity contribution >= 4 is 60.5 Å². The van der Waals surface area contributed by atoms with Crippen molar-refractivity contribution in [1.82, 2.24) is 9.47 Å². The fourth-order valence-electron chi connectivity index (χ4n) is 4.16. The molecule has 1 aromatic heterocycles. The van der Waals surface area contributed by atoms with E-state index in [-0.39, 0.29) is 0 Å². The molecule has 0 bridgehead atoms. The van der Waals surface area contributed by atoms with E-state index >= 15 is 0 Å². The Morgan fingerprint density at radius 1 is 1.05 bits per heavy atom. The molecule has 0 atom stereocenters. The lowest BCUT2D eigenvalue weighted by atomic mass is 10.2. The third kappa shape index (κ3) is 7.19. The van der Waals surface area contributed by atoms with Crippen LogP contribution in [0.25, 0.3) is 10.2 Å². The molecular weight excluding hydrogens is 536 g/mol. The molecule has 9 nitrogen and oxygen atoms in total. The van der Waals surface area contributed by atoms with Gasteiger partial charge in [0, 0.05) is 50.0 Å². The van der Waals surface area contributed by atoms with Crippen LogP contribution in [0, 0.1) is 0 Å². The van der Waals surface area contributed by atoms with Crippen molar-refractivity contribution in [3.63, 3.8) is 0 Å². The molecule has 3 aromatic rings. The summed E-state index contributed by atoms with van der Waals surface area (Å²) in [6.07, 6.45) is 0. The number of fused-ring (bicyclic) bond motifs is 1. The molecule has 12 heteroatoms. The topological polar surface area (TPSA) is 101 Å². The third-order valence-electron chi connectivity index (χ3n) is 5.97. The fourth-order valence-corrected chi connectivity index (χ4v) is 6.61. The molecule has 1 aliphatic heterocycles. The SMILES string of the molecule is CCOCCn1c(=NC(=O)CS(=O)(=O)CC(=O)N2CCN(c3ccccc3)CC2)sc2cc(Cl)ccc21. The number of halogens is 1. The molecule has 4 rings (SSSR count). The van der Waals surface area contributed by atoms with E-state index in [1.807, 2.05) is 47.9 Å². The van der Waals surface area contributed by atoms with Crippen LogP contribution in [0.15, 0.2) is 53.5 Å². The van der Waals surface area contributed by atoms with Crippen molar-refractivity contribution in [3.8, 4) is 0 Å². The largest absolute Gasteiger partial charge is 0.380 e. The Morgan fingerprint density at radius 2 is 1.78 bits per heavy atom. The molecule has 2 amide bonds. The number of aromatic nitrogens is 1. The summed E-state index contributed by atoms with van der Waals surface area (Å²) in [5, 5.41) is 0.550. The number of nitrogens with zero attached hydrogens (tertiary/aromatic N) is 4. The van der Waals surface area contributed by atoms with Crippen LogP contribution in [-0.4, -0.2) is 80.6 Å². The van der Waals surface area contributed by atoms with Gasteiger partial charge in [-0.1, -0.05) is 41.1 Å². The van der Waals surface area contributed by atoms with Crippen LogP contribution in [0.4, 0.5) is 5.69 Å². The van der Waals surface area contributed by atoms with Crippen molar-refractivity contribution in [2.75, 3.05) is 55.8 Å². The Kier molecular flexibility index (Phi) is 9.01. The van der Waals surface area contributed by atoms with E-state index in [4.69, 9.17) is 16.3 Å². The maximum atomic E-state index is 12.7. The molecular formula is C25H29ClN4O5S2. The standard InChI is InChI=1S/C25H29ClN4O5S2/c1-2-35-15-14-30-21-9-8-19(26)16-22(21)36-25(30)27-23(31)17-37(33,34)18-24(32)29-12-10-28(11-13-29)20-6-4-3-5-7-20/h3-9,16H,2,10-15,17-18H2,1H3. The number of piperazine rings is 1. The number of carbonyl (C=O) groups excluding carboxylic acids is 2. The van der Waals surface area contributed by atoms with E-state index in [0.717, 1.165) is 15.9 Å². The number of benzene rings is 2. The zero-order valence-corrected chi connectivity index (χ0v) is 22.9. The van der Waals surface area contributed by atoms with Gasteiger partial charge in [0.25, 0.3) is 5.91 Å². The number of anilines is 1. The molecule has 0 saturated carbocycles. The highest BCUT2D eigenvalue weighted by Gasteiger charge is 2.27. The van der Waals surface area contributed by atoms with Crippen LogP contribution >= 0.6 is 22.9 Å². The molecule has 1 fully saturated rings. The van der Waals surface area contributed by atoms with Gasteiger partial charge in [-0.3, -0.25) is 9.59 Å². The maximum absolute atomic E-state index is 12.7. The van der Waals surface area contributed by atoms with Gasteiger partial charge < -0.3 is 19.1 Å². The van der Waals surface area contributed by atoms with Crippen LogP contribution in [0.5, 0.6) is 0 Å². The first-order chi connectivity index (χ1) is 17.8. The van der Waals surface area contributed by atoms with E-state index < -0.39 is 33.2 Å². The van der Waals surface area contributed by atoms with E-state index in [1.54, 1.807) is 12.1 Å². The lowest BCUT2D eigenvalue weighted by Crippen LogP contribution is -2.50. The van der Waals surface area contributed by atoms with Crippen LogP contribution in [0.3, 0.4) is 0 Å². The molecule has 0 radical (unpaired) electrons. The number of rotatable bonds is 9. The zero-order valence-electron chi connectivity index (χ0n) is 20.5. The number of sulfone groups is 1. The molecule has 198 valence electrons. The molecule has 0 aliphatic carbocycles. The maximum Gasteiger partial charge on any atom is 0.263 e. The number of thiazole rings is 1. The second kappa shape index (κ2) is 12.2. The molecule has 1 aliphatic rings. The molecule has 0 spiro atoms. The lowest BCUT2D eigenvalue weighted by molar-refractivity contribution is -0.128. The minimum absolute atomic E-state index is 0.362. The summed E-state index contributed by atoms with van der Waals surface area (Å²) < 4.78 is 33.5.